The number of benzene rings is 1. The van der Waals surface area contributed by atoms with Crippen LogP contribution in [-0.4, -0.2) is 18.6 Å². The van der Waals surface area contributed by atoms with Crippen LogP contribution in [0.15, 0.2) is 22.7 Å². The Hall–Kier alpha value is -0.540. The molecule has 3 heteroatoms. The van der Waals surface area contributed by atoms with Crippen LogP contribution in [0.4, 0.5) is 5.69 Å². The number of anilines is 1. The van der Waals surface area contributed by atoms with Crippen LogP contribution in [0.2, 0.25) is 0 Å². The van der Waals surface area contributed by atoms with Crippen LogP contribution >= 0.6 is 15.9 Å². The van der Waals surface area contributed by atoms with Crippen molar-refractivity contribution in [2.75, 3.05) is 11.4 Å². The van der Waals surface area contributed by atoms with Crippen LogP contribution in [0.5, 0.6) is 0 Å². The lowest BCUT2D eigenvalue weighted by Gasteiger charge is -2.27. The van der Waals surface area contributed by atoms with Gasteiger partial charge in [-0.15, -0.1) is 0 Å². The lowest BCUT2D eigenvalue weighted by Crippen LogP contribution is -2.28. The normalized spacial score (nSPS) is 19.4. The average molecular weight is 325 g/mol. The molecule has 106 valence electrons. The van der Waals surface area contributed by atoms with Gasteiger partial charge in [-0.3, -0.25) is 0 Å². The quantitative estimate of drug-likeness (QED) is 0.867. The first-order valence-corrected chi connectivity index (χ1v) is 8.19. The van der Waals surface area contributed by atoms with Gasteiger partial charge in [0.15, 0.2) is 0 Å². The molecule has 0 aliphatic carbocycles. The predicted octanol–water partition coefficient (Wildman–Crippen LogP) is 4.33. The Morgan fingerprint density at radius 3 is 2.84 bits per heavy atom. The first-order chi connectivity index (χ1) is 9.11. The van der Waals surface area contributed by atoms with Crippen molar-refractivity contribution >= 4 is 21.6 Å². The van der Waals surface area contributed by atoms with E-state index in [4.69, 9.17) is 0 Å². The zero-order valence-corrected chi connectivity index (χ0v) is 13.8. The molecule has 1 aromatic carbocycles. The highest BCUT2D eigenvalue weighted by atomic mass is 79.9. The maximum absolute atomic E-state index is 3.75. The molecule has 1 aliphatic rings. The fourth-order valence-corrected chi connectivity index (χ4v) is 3.45. The molecule has 1 atom stereocenters. The Bertz CT molecular complexity index is 417. The van der Waals surface area contributed by atoms with Crippen molar-refractivity contribution in [1.82, 2.24) is 5.32 Å². The molecule has 0 radical (unpaired) electrons. The van der Waals surface area contributed by atoms with Crippen molar-refractivity contribution in [1.29, 1.82) is 0 Å². The van der Waals surface area contributed by atoms with E-state index in [-0.39, 0.29) is 0 Å². The second-order valence-corrected chi connectivity index (χ2v) is 6.57. The third-order valence-corrected chi connectivity index (χ3v) is 4.52. The van der Waals surface area contributed by atoms with Gasteiger partial charge in [-0.05, 0) is 52.9 Å². The Kier molecular flexibility index (Phi) is 5.28. The summed E-state index contributed by atoms with van der Waals surface area (Å²) in [6.45, 7) is 8.78. The second-order valence-electron chi connectivity index (χ2n) is 5.72. The predicted molar refractivity (Wildman–Crippen MR) is 86.8 cm³/mol. The molecule has 1 aromatic rings. The molecular formula is C16H25BrN2. The molecule has 1 fully saturated rings. The van der Waals surface area contributed by atoms with Crippen molar-refractivity contribution in [3.63, 3.8) is 0 Å². The van der Waals surface area contributed by atoms with Crippen LogP contribution in [0, 0.1) is 0 Å². The molecule has 1 N–H and O–H groups in total. The van der Waals surface area contributed by atoms with E-state index in [2.05, 4.69) is 65.1 Å². The molecule has 0 aromatic heterocycles. The summed E-state index contributed by atoms with van der Waals surface area (Å²) in [6, 6.07) is 8.03. The van der Waals surface area contributed by atoms with E-state index < -0.39 is 0 Å². The standard InChI is InChI=1S/C16H25BrN2/c1-4-14-6-5-9-19(14)16-8-7-13(10-15(16)17)11-18-12(2)3/h7-8,10,12,14,18H,4-6,9,11H2,1-3H3. The Balaban J connectivity index is 2.10. The number of halogens is 1. The maximum Gasteiger partial charge on any atom is 0.0513 e. The third-order valence-electron chi connectivity index (χ3n) is 3.88. The van der Waals surface area contributed by atoms with E-state index in [1.165, 1.54) is 41.5 Å². The summed E-state index contributed by atoms with van der Waals surface area (Å²) < 4.78 is 1.23. The number of nitrogens with zero attached hydrogens (tertiary/aromatic N) is 1. The van der Waals surface area contributed by atoms with Crippen LogP contribution in [0.3, 0.4) is 0 Å². The minimum atomic E-state index is 0.529. The van der Waals surface area contributed by atoms with Crippen LogP contribution in [0.25, 0.3) is 0 Å². The van der Waals surface area contributed by atoms with Crippen molar-refractivity contribution in [2.45, 2.75) is 58.7 Å². The summed E-state index contributed by atoms with van der Waals surface area (Å²) in [7, 11) is 0. The smallest absolute Gasteiger partial charge is 0.0513 e. The topological polar surface area (TPSA) is 15.3 Å². The molecule has 2 nitrogen and oxygen atoms in total. The minimum absolute atomic E-state index is 0.529. The summed E-state index contributed by atoms with van der Waals surface area (Å²) in [5.41, 5.74) is 2.70. The van der Waals surface area contributed by atoms with Crippen LogP contribution < -0.4 is 10.2 Å². The zero-order valence-electron chi connectivity index (χ0n) is 12.2. The molecule has 2 rings (SSSR count). The van der Waals surface area contributed by atoms with Gasteiger partial charge in [0.25, 0.3) is 0 Å². The van der Waals surface area contributed by atoms with Crippen LogP contribution in [0.1, 0.15) is 45.6 Å². The number of nitrogens with one attached hydrogen (secondary N) is 1. The van der Waals surface area contributed by atoms with Gasteiger partial charge in [-0.2, -0.15) is 0 Å². The molecule has 1 heterocycles. The largest absolute Gasteiger partial charge is 0.368 e. The number of hydrogen-bond donors (Lipinski definition) is 1. The van der Waals surface area contributed by atoms with Gasteiger partial charge in [0.2, 0.25) is 0 Å². The Labute approximate surface area is 125 Å². The highest BCUT2D eigenvalue weighted by Gasteiger charge is 2.24. The first-order valence-electron chi connectivity index (χ1n) is 7.40. The molecule has 1 aliphatic heterocycles. The molecular weight excluding hydrogens is 300 g/mol. The van der Waals surface area contributed by atoms with Crippen molar-refractivity contribution in [3.8, 4) is 0 Å². The molecule has 0 spiro atoms. The van der Waals surface area contributed by atoms with Gasteiger partial charge >= 0.3 is 0 Å². The van der Waals surface area contributed by atoms with Gasteiger partial charge in [0.05, 0.1) is 5.69 Å². The summed E-state index contributed by atoms with van der Waals surface area (Å²) >= 11 is 3.75. The molecule has 0 amide bonds. The van der Waals surface area contributed by atoms with E-state index in [9.17, 15) is 0 Å². The second kappa shape index (κ2) is 6.76. The number of hydrogen-bond acceptors (Lipinski definition) is 2. The highest BCUT2D eigenvalue weighted by molar-refractivity contribution is 9.10. The van der Waals surface area contributed by atoms with E-state index in [0.717, 1.165) is 12.6 Å². The van der Waals surface area contributed by atoms with Crippen molar-refractivity contribution in [3.05, 3.63) is 28.2 Å². The van der Waals surface area contributed by atoms with Gasteiger partial charge < -0.3 is 10.2 Å². The Morgan fingerprint density at radius 2 is 2.21 bits per heavy atom. The van der Waals surface area contributed by atoms with Gasteiger partial charge in [-0.1, -0.05) is 26.8 Å². The van der Waals surface area contributed by atoms with E-state index in [1.807, 2.05) is 0 Å². The zero-order chi connectivity index (χ0) is 13.8. The highest BCUT2D eigenvalue weighted by Crippen LogP contribution is 2.33. The first kappa shape index (κ1) is 14.9. The van der Waals surface area contributed by atoms with Gasteiger partial charge in [0, 0.05) is 29.6 Å². The monoisotopic (exact) mass is 324 g/mol. The molecule has 0 saturated carbocycles. The molecule has 0 bridgehead atoms. The van der Waals surface area contributed by atoms with Gasteiger partial charge in [0.1, 0.15) is 0 Å². The Morgan fingerprint density at radius 1 is 1.42 bits per heavy atom. The maximum atomic E-state index is 3.75. The van der Waals surface area contributed by atoms with Gasteiger partial charge in [-0.25, -0.2) is 0 Å². The lowest BCUT2D eigenvalue weighted by atomic mass is 10.1. The minimum Gasteiger partial charge on any atom is -0.368 e. The summed E-state index contributed by atoms with van der Waals surface area (Å²) in [4.78, 5) is 2.56. The molecule has 1 saturated heterocycles. The lowest BCUT2D eigenvalue weighted by molar-refractivity contribution is 0.588. The van der Waals surface area contributed by atoms with E-state index in [0.29, 0.717) is 6.04 Å². The number of rotatable bonds is 5. The SMILES string of the molecule is CCC1CCCN1c1ccc(CNC(C)C)cc1Br. The van der Waals surface area contributed by atoms with Crippen molar-refractivity contribution < 1.29 is 0 Å². The average Bonchev–Trinajstić information content (AvgIpc) is 2.84. The molecule has 19 heavy (non-hydrogen) atoms. The van der Waals surface area contributed by atoms with Crippen molar-refractivity contribution in [2.24, 2.45) is 0 Å². The summed E-state index contributed by atoms with van der Waals surface area (Å²) in [5, 5.41) is 3.46. The third kappa shape index (κ3) is 3.73. The molecule has 1 unspecified atom stereocenters. The fraction of sp³-hybridized carbons (Fsp3) is 0.625. The van der Waals surface area contributed by atoms with Crippen LogP contribution in [-0.2, 0) is 6.54 Å². The summed E-state index contributed by atoms with van der Waals surface area (Å²) in [5.74, 6) is 0. The summed E-state index contributed by atoms with van der Waals surface area (Å²) in [6.07, 6.45) is 3.89. The van der Waals surface area contributed by atoms with E-state index in [1.54, 1.807) is 0 Å². The fourth-order valence-electron chi connectivity index (χ4n) is 2.79. The van der Waals surface area contributed by atoms with E-state index >= 15 is 0 Å².